The third kappa shape index (κ3) is 3.43. The summed E-state index contributed by atoms with van der Waals surface area (Å²) in [5, 5.41) is 0. The van der Waals surface area contributed by atoms with Gasteiger partial charge in [0.15, 0.2) is 11.6 Å². The van der Waals surface area contributed by atoms with Crippen LogP contribution in [0.15, 0.2) is 18.5 Å². The maximum Gasteiger partial charge on any atom is 0.222 e. The van der Waals surface area contributed by atoms with Crippen LogP contribution in [0.1, 0.15) is 44.1 Å². The van der Waals surface area contributed by atoms with Gasteiger partial charge < -0.3 is 20.9 Å². The van der Waals surface area contributed by atoms with Crippen LogP contribution in [-0.4, -0.2) is 22.1 Å². The first-order valence-electron chi connectivity index (χ1n) is 7.00. The number of nitrogens with two attached hydrogens (primary N) is 2. The van der Waals surface area contributed by atoms with Crippen molar-refractivity contribution >= 4 is 11.8 Å². The Labute approximate surface area is 129 Å². The van der Waals surface area contributed by atoms with Crippen LogP contribution >= 0.6 is 0 Å². The molecule has 0 saturated heterocycles. The van der Waals surface area contributed by atoms with Gasteiger partial charge >= 0.3 is 0 Å². The summed E-state index contributed by atoms with van der Waals surface area (Å²) < 4.78 is 11.2. The van der Waals surface area contributed by atoms with E-state index in [0.717, 1.165) is 11.3 Å². The smallest absolute Gasteiger partial charge is 0.222 e. The van der Waals surface area contributed by atoms with Gasteiger partial charge in [-0.15, -0.1) is 0 Å². The van der Waals surface area contributed by atoms with E-state index in [2.05, 4.69) is 28.8 Å². The van der Waals surface area contributed by atoms with Crippen molar-refractivity contribution in [3.63, 3.8) is 0 Å². The molecule has 118 valence electrons. The Balaban J connectivity index is 2.42. The number of aromatic nitrogens is 3. The van der Waals surface area contributed by atoms with Crippen molar-refractivity contribution in [1.29, 1.82) is 0 Å². The largest absolute Gasteiger partial charge is 0.451 e. The molecule has 0 amide bonds. The number of rotatable bonds is 5. The van der Waals surface area contributed by atoms with Crippen molar-refractivity contribution in [3.8, 4) is 11.5 Å². The highest BCUT2D eigenvalue weighted by atomic mass is 16.5. The molecule has 0 aliphatic carbocycles. The van der Waals surface area contributed by atoms with Crippen molar-refractivity contribution in [2.24, 2.45) is 0 Å². The second-order valence-corrected chi connectivity index (χ2v) is 5.26. The molecule has 2 rings (SSSR count). The normalized spacial score (nSPS) is 12.4. The van der Waals surface area contributed by atoms with E-state index in [1.54, 1.807) is 13.3 Å². The number of anilines is 2. The lowest BCUT2D eigenvalue weighted by Crippen LogP contribution is -2.05. The SMILES string of the molecule is CO[C@@H](C)c1cc(Oc2cnc(N)nc2N)c(C(C)C)cn1. The first kappa shape index (κ1) is 16.0. The molecule has 7 nitrogen and oxygen atoms in total. The van der Waals surface area contributed by atoms with Crippen LogP contribution in [0.2, 0.25) is 0 Å². The monoisotopic (exact) mass is 303 g/mol. The summed E-state index contributed by atoms with van der Waals surface area (Å²) in [7, 11) is 1.63. The highest BCUT2D eigenvalue weighted by molar-refractivity contribution is 5.50. The van der Waals surface area contributed by atoms with E-state index < -0.39 is 0 Å². The zero-order valence-electron chi connectivity index (χ0n) is 13.2. The molecule has 0 unspecified atom stereocenters. The summed E-state index contributed by atoms with van der Waals surface area (Å²) in [4.78, 5) is 12.2. The molecular formula is C15H21N5O2. The summed E-state index contributed by atoms with van der Waals surface area (Å²) in [5.74, 6) is 1.56. The molecule has 2 aromatic heterocycles. The van der Waals surface area contributed by atoms with Gasteiger partial charge in [0.1, 0.15) is 5.75 Å². The van der Waals surface area contributed by atoms with Crippen LogP contribution in [0, 0.1) is 0 Å². The number of nitrogen functional groups attached to an aromatic ring is 2. The Kier molecular flexibility index (Phi) is 4.77. The highest BCUT2D eigenvalue weighted by Crippen LogP contribution is 2.33. The standard InChI is InChI=1S/C15H21N5O2/c1-8(2)10-6-18-11(9(3)21-4)5-12(10)22-13-7-19-15(17)20-14(13)16/h5-9H,1-4H3,(H4,16,17,19,20)/t9-/m0/s1. The summed E-state index contributed by atoms with van der Waals surface area (Å²) in [6, 6.07) is 1.85. The van der Waals surface area contributed by atoms with Crippen LogP contribution < -0.4 is 16.2 Å². The van der Waals surface area contributed by atoms with Gasteiger partial charge in [-0.3, -0.25) is 4.98 Å². The van der Waals surface area contributed by atoms with Gasteiger partial charge in [-0.2, -0.15) is 4.98 Å². The van der Waals surface area contributed by atoms with E-state index in [9.17, 15) is 0 Å². The average molecular weight is 303 g/mol. The average Bonchev–Trinajstić information content (AvgIpc) is 2.49. The van der Waals surface area contributed by atoms with E-state index in [1.807, 2.05) is 13.0 Å². The molecule has 0 aliphatic rings. The van der Waals surface area contributed by atoms with Crippen LogP contribution in [0.3, 0.4) is 0 Å². The minimum absolute atomic E-state index is 0.109. The first-order chi connectivity index (χ1) is 10.4. The van der Waals surface area contributed by atoms with Gasteiger partial charge in [-0.25, -0.2) is 4.98 Å². The van der Waals surface area contributed by atoms with Crippen LogP contribution in [0.5, 0.6) is 11.5 Å². The molecule has 1 atom stereocenters. The maximum absolute atomic E-state index is 5.89. The van der Waals surface area contributed by atoms with Gasteiger partial charge in [0.2, 0.25) is 5.95 Å². The third-order valence-electron chi connectivity index (χ3n) is 3.33. The van der Waals surface area contributed by atoms with Gasteiger partial charge in [0, 0.05) is 24.9 Å². The third-order valence-corrected chi connectivity index (χ3v) is 3.33. The highest BCUT2D eigenvalue weighted by Gasteiger charge is 2.15. The first-order valence-corrected chi connectivity index (χ1v) is 7.00. The zero-order chi connectivity index (χ0) is 16.3. The van der Waals surface area contributed by atoms with E-state index in [-0.39, 0.29) is 23.8 Å². The number of ether oxygens (including phenoxy) is 2. The minimum atomic E-state index is -0.136. The van der Waals surface area contributed by atoms with Crippen LogP contribution in [0.4, 0.5) is 11.8 Å². The second-order valence-electron chi connectivity index (χ2n) is 5.26. The molecule has 22 heavy (non-hydrogen) atoms. The number of hydrogen-bond donors (Lipinski definition) is 2. The number of hydrogen-bond acceptors (Lipinski definition) is 7. The Morgan fingerprint density at radius 3 is 2.36 bits per heavy atom. The summed E-state index contributed by atoms with van der Waals surface area (Å²) in [6.45, 7) is 6.04. The second kappa shape index (κ2) is 6.57. The molecule has 2 aromatic rings. The van der Waals surface area contributed by atoms with Crippen LogP contribution in [-0.2, 0) is 4.74 Å². The van der Waals surface area contributed by atoms with Crippen molar-refractivity contribution < 1.29 is 9.47 Å². The van der Waals surface area contributed by atoms with Crippen molar-refractivity contribution in [1.82, 2.24) is 15.0 Å². The topological polar surface area (TPSA) is 109 Å². The van der Waals surface area contributed by atoms with Crippen molar-refractivity contribution in [2.45, 2.75) is 32.8 Å². The molecule has 0 fully saturated rings. The molecular weight excluding hydrogens is 282 g/mol. The predicted molar refractivity (Wildman–Crippen MR) is 84.7 cm³/mol. The van der Waals surface area contributed by atoms with E-state index in [4.69, 9.17) is 20.9 Å². The Morgan fingerprint density at radius 1 is 1.05 bits per heavy atom. The minimum Gasteiger partial charge on any atom is -0.451 e. The molecule has 7 heteroatoms. The molecule has 0 radical (unpaired) electrons. The Morgan fingerprint density at radius 2 is 1.77 bits per heavy atom. The molecule has 0 bridgehead atoms. The van der Waals surface area contributed by atoms with Crippen molar-refractivity contribution in [2.75, 3.05) is 18.6 Å². The van der Waals surface area contributed by atoms with Gasteiger partial charge in [0.25, 0.3) is 0 Å². The van der Waals surface area contributed by atoms with E-state index in [1.165, 1.54) is 6.20 Å². The van der Waals surface area contributed by atoms with Gasteiger partial charge in [-0.05, 0) is 12.8 Å². The fourth-order valence-corrected chi connectivity index (χ4v) is 1.92. The molecule has 0 spiro atoms. The summed E-state index contributed by atoms with van der Waals surface area (Å²) in [6.07, 6.45) is 3.12. The van der Waals surface area contributed by atoms with E-state index in [0.29, 0.717) is 11.5 Å². The molecule has 0 aliphatic heterocycles. The van der Waals surface area contributed by atoms with Gasteiger partial charge in [-0.1, -0.05) is 13.8 Å². The fourth-order valence-electron chi connectivity index (χ4n) is 1.92. The molecule has 2 heterocycles. The maximum atomic E-state index is 5.89. The lowest BCUT2D eigenvalue weighted by Gasteiger charge is -2.17. The quantitative estimate of drug-likeness (QED) is 0.873. The summed E-state index contributed by atoms with van der Waals surface area (Å²) in [5.41, 5.74) is 13.1. The molecule has 0 aromatic carbocycles. The van der Waals surface area contributed by atoms with Crippen LogP contribution in [0.25, 0.3) is 0 Å². The molecule has 0 saturated carbocycles. The summed E-state index contributed by atoms with van der Waals surface area (Å²) >= 11 is 0. The lowest BCUT2D eigenvalue weighted by molar-refractivity contribution is 0.115. The van der Waals surface area contributed by atoms with E-state index >= 15 is 0 Å². The van der Waals surface area contributed by atoms with Gasteiger partial charge in [0.05, 0.1) is 18.0 Å². The Hall–Kier alpha value is -2.41. The predicted octanol–water partition coefficient (Wildman–Crippen LogP) is 2.66. The molecule has 4 N–H and O–H groups in total. The zero-order valence-corrected chi connectivity index (χ0v) is 13.2. The van der Waals surface area contributed by atoms with Crippen molar-refractivity contribution in [3.05, 3.63) is 29.7 Å². The Bertz CT molecular complexity index is 660. The number of methoxy groups -OCH3 is 1. The number of pyridine rings is 1. The fraction of sp³-hybridized carbons (Fsp3) is 0.400. The number of nitrogens with zero attached hydrogens (tertiary/aromatic N) is 3. The lowest BCUT2D eigenvalue weighted by atomic mass is 10.0.